The smallest absolute Gasteiger partial charge is 0.00384 e. The molecule has 0 rings (SSSR count). The van der Waals surface area contributed by atoms with Crippen molar-refractivity contribution in [3.8, 4) is 0 Å². The summed E-state index contributed by atoms with van der Waals surface area (Å²) in [5.74, 6) is 0. The summed E-state index contributed by atoms with van der Waals surface area (Å²) in [6.07, 6.45) is 2.49. The molecular formula is C12H28N2. The van der Waals surface area contributed by atoms with Crippen LogP contribution in [0.4, 0.5) is 0 Å². The molecule has 0 atom stereocenters. The highest BCUT2D eigenvalue weighted by Crippen LogP contribution is 2.20. The van der Waals surface area contributed by atoms with E-state index < -0.39 is 0 Å². The Morgan fingerprint density at radius 3 is 2.21 bits per heavy atom. The van der Waals surface area contributed by atoms with Crippen molar-refractivity contribution in [2.24, 2.45) is 11.1 Å². The van der Waals surface area contributed by atoms with E-state index in [4.69, 9.17) is 5.73 Å². The Bertz CT molecular complexity index is 141. The van der Waals surface area contributed by atoms with Gasteiger partial charge in [-0.05, 0) is 51.7 Å². The zero-order valence-corrected chi connectivity index (χ0v) is 10.6. The molecule has 86 valence electrons. The van der Waals surface area contributed by atoms with Crippen molar-refractivity contribution in [1.82, 2.24) is 4.90 Å². The van der Waals surface area contributed by atoms with E-state index in [0.29, 0.717) is 11.5 Å². The zero-order chi connectivity index (χ0) is 11.2. The van der Waals surface area contributed by atoms with E-state index in [1.54, 1.807) is 0 Å². The first kappa shape index (κ1) is 13.9. The largest absolute Gasteiger partial charge is 0.330 e. The standard InChI is InChI=1S/C12H28N2/c1-6-14(11(2)3)9-7-8-12(4,5)10-13/h11H,6-10,13H2,1-5H3. The van der Waals surface area contributed by atoms with Crippen LogP contribution in [-0.2, 0) is 0 Å². The maximum atomic E-state index is 5.70. The molecule has 0 unspecified atom stereocenters. The summed E-state index contributed by atoms with van der Waals surface area (Å²) in [4.78, 5) is 2.51. The first-order valence-corrected chi connectivity index (χ1v) is 5.87. The van der Waals surface area contributed by atoms with Crippen molar-refractivity contribution in [2.75, 3.05) is 19.6 Å². The van der Waals surface area contributed by atoms with Crippen LogP contribution in [0, 0.1) is 5.41 Å². The minimum atomic E-state index is 0.316. The van der Waals surface area contributed by atoms with Gasteiger partial charge in [-0.15, -0.1) is 0 Å². The summed E-state index contributed by atoms with van der Waals surface area (Å²) in [5.41, 5.74) is 6.02. The van der Waals surface area contributed by atoms with Gasteiger partial charge in [0.15, 0.2) is 0 Å². The van der Waals surface area contributed by atoms with Gasteiger partial charge in [0.1, 0.15) is 0 Å². The molecule has 0 aliphatic carbocycles. The zero-order valence-electron chi connectivity index (χ0n) is 10.6. The Balaban J connectivity index is 3.71. The fourth-order valence-electron chi connectivity index (χ4n) is 1.64. The molecule has 0 aromatic rings. The average Bonchev–Trinajstić information content (AvgIpc) is 2.12. The molecule has 0 saturated carbocycles. The van der Waals surface area contributed by atoms with Crippen molar-refractivity contribution < 1.29 is 0 Å². The van der Waals surface area contributed by atoms with Gasteiger partial charge in [-0.1, -0.05) is 20.8 Å². The quantitative estimate of drug-likeness (QED) is 0.684. The summed E-state index contributed by atoms with van der Waals surface area (Å²) in [7, 11) is 0. The van der Waals surface area contributed by atoms with Crippen LogP contribution < -0.4 is 5.73 Å². The topological polar surface area (TPSA) is 29.3 Å². The molecule has 0 aromatic heterocycles. The van der Waals surface area contributed by atoms with Gasteiger partial charge >= 0.3 is 0 Å². The monoisotopic (exact) mass is 200 g/mol. The van der Waals surface area contributed by atoms with Crippen molar-refractivity contribution >= 4 is 0 Å². The molecule has 0 fully saturated rings. The fourth-order valence-corrected chi connectivity index (χ4v) is 1.64. The second kappa shape index (κ2) is 6.41. The molecule has 2 N–H and O–H groups in total. The highest BCUT2D eigenvalue weighted by Gasteiger charge is 2.15. The number of hydrogen-bond acceptors (Lipinski definition) is 2. The molecule has 0 radical (unpaired) electrons. The molecule has 0 aliphatic rings. The second-order valence-electron chi connectivity index (χ2n) is 5.19. The molecule has 0 spiro atoms. The van der Waals surface area contributed by atoms with Gasteiger partial charge in [0.2, 0.25) is 0 Å². The lowest BCUT2D eigenvalue weighted by atomic mass is 9.88. The predicted octanol–water partition coefficient (Wildman–Crippen LogP) is 2.48. The number of rotatable bonds is 7. The summed E-state index contributed by atoms with van der Waals surface area (Å²) in [6.45, 7) is 14.4. The van der Waals surface area contributed by atoms with Crippen molar-refractivity contribution in [3.63, 3.8) is 0 Å². The molecule has 2 nitrogen and oxygen atoms in total. The third kappa shape index (κ3) is 5.61. The first-order chi connectivity index (χ1) is 6.43. The van der Waals surface area contributed by atoms with Crippen LogP contribution in [0.3, 0.4) is 0 Å². The number of nitrogens with zero attached hydrogens (tertiary/aromatic N) is 1. The van der Waals surface area contributed by atoms with Gasteiger partial charge in [0, 0.05) is 6.04 Å². The third-order valence-electron chi connectivity index (χ3n) is 2.99. The van der Waals surface area contributed by atoms with Crippen LogP contribution in [0.25, 0.3) is 0 Å². The third-order valence-corrected chi connectivity index (χ3v) is 2.99. The fraction of sp³-hybridized carbons (Fsp3) is 1.00. The molecule has 0 aliphatic heterocycles. The van der Waals surface area contributed by atoms with Crippen LogP contribution in [0.15, 0.2) is 0 Å². The van der Waals surface area contributed by atoms with Crippen molar-refractivity contribution in [3.05, 3.63) is 0 Å². The first-order valence-electron chi connectivity index (χ1n) is 5.87. The van der Waals surface area contributed by atoms with Crippen molar-refractivity contribution in [2.45, 2.75) is 53.5 Å². The van der Waals surface area contributed by atoms with E-state index in [0.717, 1.165) is 13.1 Å². The Morgan fingerprint density at radius 2 is 1.86 bits per heavy atom. The lowest BCUT2D eigenvalue weighted by molar-refractivity contribution is 0.212. The van der Waals surface area contributed by atoms with Gasteiger partial charge < -0.3 is 10.6 Å². The normalized spacial score (nSPS) is 12.9. The molecule has 0 saturated heterocycles. The summed E-state index contributed by atoms with van der Waals surface area (Å²) < 4.78 is 0. The summed E-state index contributed by atoms with van der Waals surface area (Å²) in [6, 6.07) is 0.668. The highest BCUT2D eigenvalue weighted by atomic mass is 15.1. The average molecular weight is 200 g/mol. The maximum absolute atomic E-state index is 5.70. The molecule has 2 heteroatoms. The lowest BCUT2D eigenvalue weighted by Crippen LogP contribution is -2.33. The van der Waals surface area contributed by atoms with Gasteiger partial charge in [-0.2, -0.15) is 0 Å². The van der Waals surface area contributed by atoms with Crippen LogP contribution in [0.1, 0.15) is 47.5 Å². The number of hydrogen-bond donors (Lipinski definition) is 1. The molecule has 14 heavy (non-hydrogen) atoms. The van der Waals surface area contributed by atoms with Crippen molar-refractivity contribution in [1.29, 1.82) is 0 Å². The molecule has 0 heterocycles. The van der Waals surface area contributed by atoms with E-state index in [9.17, 15) is 0 Å². The van der Waals surface area contributed by atoms with Crippen LogP contribution in [0.2, 0.25) is 0 Å². The second-order valence-corrected chi connectivity index (χ2v) is 5.19. The van der Waals surface area contributed by atoms with Gasteiger partial charge in [0.25, 0.3) is 0 Å². The number of nitrogens with two attached hydrogens (primary N) is 1. The van der Waals surface area contributed by atoms with Gasteiger partial charge in [-0.25, -0.2) is 0 Å². The van der Waals surface area contributed by atoms with E-state index in [1.807, 2.05) is 0 Å². The Morgan fingerprint density at radius 1 is 1.29 bits per heavy atom. The SMILES string of the molecule is CCN(CCCC(C)(C)CN)C(C)C. The van der Waals surface area contributed by atoms with Gasteiger partial charge in [-0.3, -0.25) is 0 Å². The summed E-state index contributed by atoms with van der Waals surface area (Å²) in [5, 5.41) is 0. The Labute approximate surface area is 89.9 Å². The Kier molecular flexibility index (Phi) is 6.38. The van der Waals surface area contributed by atoms with E-state index in [2.05, 4.69) is 39.5 Å². The molecule has 0 amide bonds. The lowest BCUT2D eigenvalue weighted by Gasteiger charge is -2.27. The highest BCUT2D eigenvalue weighted by molar-refractivity contribution is 4.70. The minimum Gasteiger partial charge on any atom is -0.330 e. The van der Waals surface area contributed by atoms with E-state index in [-0.39, 0.29) is 0 Å². The minimum absolute atomic E-state index is 0.316. The Hall–Kier alpha value is -0.0800. The van der Waals surface area contributed by atoms with E-state index in [1.165, 1.54) is 19.4 Å². The summed E-state index contributed by atoms with van der Waals surface area (Å²) >= 11 is 0. The molecular weight excluding hydrogens is 172 g/mol. The van der Waals surface area contributed by atoms with E-state index >= 15 is 0 Å². The van der Waals surface area contributed by atoms with Crippen LogP contribution >= 0.6 is 0 Å². The molecule has 0 aromatic carbocycles. The van der Waals surface area contributed by atoms with Crippen LogP contribution in [0.5, 0.6) is 0 Å². The maximum Gasteiger partial charge on any atom is 0.00384 e. The van der Waals surface area contributed by atoms with Crippen LogP contribution in [-0.4, -0.2) is 30.6 Å². The molecule has 0 bridgehead atoms. The van der Waals surface area contributed by atoms with Gasteiger partial charge in [0.05, 0.1) is 0 Å². The predicted molar refractivity (Wildman–Crippen MR) is 64.5 cm³/mol.